The Morgan fingerprint density at radius 1 is 1.22 bits per heavy atom. The Labute approximate surface area is 136 Å². The number of anilines is 1. The summed E-state index contributed by atoms with van der Waals surface area (Å²) >= 11 is 0. The first kappa shape index (κ1) is 16.7. The quantitative estimate of drug-likeness (QED) is 0.823. The molecule has 0 atom stereocenters. The Balaban J connectivity index is 2.07. The molecule has 0 fully saturated rings. The number of hydrogen-bond acceptors (Lipinski definition) is 5. The minimum Gasteiger partial charge on any atom is -0.368 e. The molecule has 0 bridgehead atoms. The molecule has 2 N–H and O–H groups in total. The van der Waals surface area contributed by atoms with Crippen molar-refractivity contribution in [1.82, 2.24) is 25.2 Å². The lowest BCUT2D eigenvalue weighted by molar-refractivity contribution is 0.218. The molecule has 0 aliphatic carbocycles. The van der Waals surface area contributed by atoms with Gasteiger partial charge in [0.15, 0.2) is 5.82 Å². The van der Waals surface area contributed by atoms with Gasteiger partial charge in [0, 0.05) is 56.4 Å². The van der Waals surface area contributed by atoms with E-state index in [1.54, 1.807) is 26.5 Å². The van der Waals surface area contributed by atoms with Crippen molar-refractivity contribution in [2.75, 3.05) is 32.5 Å². The zero-order chi connectivity index (χ0) is 16.8. The van der Waals surface area contributed by atoms with Crippen molar-refractivity contribution in [2.24, 2.45) is 0 Å². The molecule has 122 valence electrons. The molecular formula is C16H22N6O. The molecule has 2 rings (SSSR count). The first-order valence-electron chi connectivity index (χ1n) is 7.43. The van der Waals surface area contributed by atoms with E-state index in [2.05, 4.69) is 25.6 Å². The van der Waals surface area contributed by atoms with Crippen molar-refractivity contribution in [1.29, 1.82) is 0 Å². The average molecular weight is 314 g/mol. The maximum Gasteiger partial charge on any atom is 0.316 e. The molecule has 2 aromatic rings. The molecule has 7 heteroatoms. The third-order valence-corrected chi connectivity index (χ3v) is 3.41. The van der Waals surface area contributed by atoms with Gasteiger partial charge >= 0.3 is 6.03 Å². The van der Waals surface area contributed by atoms with Gasteiger partial charge in [-0.2, -0.15) is 0 Å². The second kappa shape index (κ2) is 7.53. The Hall–Kier alpha value is -2.70. The van der Waals surface area contributed by atoms with Crippen LogP contribution in [-0.4, -0.2) is 53.1 Å². The summed E-state index contributed by atoms with van der Waals surface area (Å²) in [5.74, 6) is 1.41. The van der Waals surface area contributed by atoms with E-state index in [0.29, 0.717) is 18.9 Å². The molecule has 23 heavy (non-hydrogen) atoms. The number of aromatic nitrogens is 3. The number of carbonyl (C=O) groups excluding carboxylic acids is 1. The maximum absolute atomic E-state index is 11.5. The van der Waals surface area contributed by atoms with Crippen molar-refractivity contribution in [3.63, 3.8) is 0 Å². The normalized spacial score (nSPS) is 10.3. The first-order chi connectivity index (χ1) is 11.0. The number of carbonyl (C=O) groups is 1. The number of hydrogen-bond donors (Lipinski definition) is 2. The summed E-state index contributed by atoms with van der Waals surface area (Å²) in [6.45, 7) is 5.03. The smallest absolute Gasteiger partial charge is 0.316 e. The van der Waals surface area contributed by atoms with E-state index in [4.69, 9.17) is 0 Å². The minimum atomic E-state index is -0.113. The lowest BCUT2D eigenvalue weighted by Gasteiger charge is -2.14. The average Bonchev–Trinajstić information content (AvgIpc) is 2.55. The van der Waals surface area contributed by atoms with E-state index in [1.165, 1.54) is 4.90 Å². The molecule has 0 unspecified atom stereocenters. The summed E-state index contributed by atoms with van der Waals surface area (Å²) in [7, 11) is 3.42. The van der Waals surface area contributed by atoms with E-state index in [-0.39, 0.29) is 6.03 Å². The monoisotopic (exact) mass is 314 g/mol. The molecule has 0 aliphatic rings. The van der Waals surface area contributed by atoms with E-state index in [9.17, 15) is 4.79 Å². The van der Waals surface area contributed by atoms with E-state index in [1.807, 2.05) is 26.0 Å². The summed E-state index contributed by atoms with van der Waals surface area (Å²) < 4.78 is 0. The number of aryl methyl sites for hydroxylation is 1. The van der Waals surface area contributed by atoms with Gasteiger partial charge in [-0.25, -0.2) is 14.8 Å². The second-order valence-corrected chi connectivity index (χ2v) is 5.40. The number of rotatable bonds is 5. The second-order valence-electron chi connectivity index (χ2n) is 5.40. The zero-order valence-corrected chi connectivity index (χ0v) is 13.9. The van der Waals surface area contributed by atoms with Gasteiger partial charge in [-0.05, 0) is 26.0 Å². The fourth-order valence-electron chi connectivity index (χ4n) is 1.93. The number of nitrogens with zero attached hydrogens (tertiary/aromatic N) is 4. The van der Waals surface area contributed by atoms with E-state index >= 15 is 0 Å². The van der Waals surface area contributed by atoms with Crippen LogP contribution in [0.2, 0.25) is 0 Å². The fourth-order valence-corrected chi connectivity index (χ4v) is 1.93. The number of nitrogens with one attached hydrogen (secondary N) is 2. The van der Waals surface area contributed by atoms with Crippen LogP contribution in [-0.2, 0) is 0 Å². The topological polar surface area (TPSA) is 83.0 Å². The van der Waals surface area contributed by atoms with Crippen LogP contribution in [0.5, 0.6) is 0 Å². The van der Waals surface area contributed by atoms with Gasteiger partial charge in [-0.15, -0.1) is 0 Å². The van der Waals surface area contributed by atoms with Crippen LogP contribution in [0.1, 0.15) is 11.3 Å². The van der Waals surface area contributed by atoms with Crippen LogP contribution >= 0.6 is 0 Å². The van der Waals surface area contributed by atoms with Crippen molar-refractivity contribution in [3.05, 3.63) is 35.8 Å². The first-order valence-corrected chi connectivity index (χ1v) is 7.43. The van der Waals surface area contributed by atoms with Crippen LogP contribution in [0.15, 0.2) is 24.5 Å². The van der Waals surface area contributed by atoms with Gasteiger partial charge < -0.3 is 15.5 Å². The lowest BCUT2D eigenvalue weighted by Crippen LogP contribution is -2.37. The van der Waals surface area contributed by atoms with Gasteiger partial charge in [0.25, 0.3) is 0 Å². The Kier molecular flexibility index (Phi) is 5.46. The molecule has 0 saturated carbocycles. The summed E-state index contributed by atoms with van der Waals surface area (Å²) in [4.78, 5) is 26.2. The summed E-state index contributed by atoms with van der Waals surface area (Å²) in [6, 6.07) is 3.68. The predicted molar refractivity (Wildman–Crippen MR) is 90.3 cm³/mol. The molecule has 0 aliphatic heterocycles. The highest BCUT2D eigenvalue weighted by molar-refractivity contribution is 5.73. The number of amides is 2. The Morgan fingerprint density at radius 2 is 2.00 bits per heavy atom. The Bertz CT molecular complexity index is 672. The number of urea groups is 1. The SMILES string of the molecule is Cc1nc(-c2cccnc2)nc(NCCNC(=O)N(C)C)c1C. The van der Waals surface area contributed by atoms with Crippen molar-refractivity contribution in [3.8, 4) is 11.4 Å². The molecular weight excluding hydrogens is 292 g/mol. The van der Waals surface area contributed by atoms with E-state index < -0.39 is 0 Å². The minimum absolute atomic E-state index is 0.113. The molecule has 0 radical (unpaired) electrons. The molecule has 2 amide bonds. The predicted octanol–water partition coefficient (Wildman–Crippen LogP) is 1.84. The van der Waals surface area contributed by atoms with Gasteiger partial charge in [-0.1, -0.05) is 0 Å². The van der Waals surface area contributed by atoms with Crippen LogP contribution < -0.4 is 10.6 Å². The third kappa shape index (κ3) is 4.38. The lowest BCUT2D eigenvalue weighted by atomic mass is 10.2. The highest BCUT2D eigenvalue weighted by atomic mass is 16.2. The maximum atomic E-state index is 11.5. The van der Waals surface area contributed by atoms with Crippen molar-refractivity contribution in [2.45, 2.75) is 13.8 Å². The summed E-state index contributed by atoms with van der Waals surface area (Å²) in [6.07, 6.45) is 3.46. The highest BCUT2D eigenvalue weighted by Crippen LogP contribution is 2.20. The van der Waals surface area contributed by atoms with E-state index in [0.717, 1.165) is 22.6 Å². The van der Waals surface area contributed by atoms with Crippen molar-refractivity contribution >= 4 is 11.8 Å². The molecule has 2 heterocycles. The van der Waals surface area contributed by atoms with Crippen LogP contribution in [0.25, 0.3) is 11.4 Å². The van der Waals surface area contributed by atoms with Crippen molar-refractivity contribution < 1.29 is 4.79 Å². The molecule has 2 aromatic heterocycles. The van der Waals surface area contributed by atoms with Gasteiger partial charge in [-0.3, -0.25) is 4.98 Å². The molecule has 0 spiro atoms. The van der Waals surface area contributed by atoms with Gasteiger partial charge in [0.05, 0.1) is 0 Å². The molecule has 7 nitrogen and oxygen atoms in total. The van der Waals surface area contributed by atoms with Gasteiger partial charge in [0.1, 0.15) is 5.82 Å². The Morgan fingerprint density at radius 3 is 2.65 bits per heavy atom. The fraction of sp³-hybridized carbons (Fsp3) is 0.375. The number of pyridine rings is 1. The van der Waals surface area contributed by atoms with Crippen LogP contribution in [0.3, 0.4) is 0 Å². The van der Waals surface area contributed by atoms with Crippen LogP contribution in [0, 0.1) is 13.8 Å². The molecule has 0 aromatic carbocycles. The third-order valence-electron chi connectivity index (χ3n) is 3.41. The zero-order valence-electron chi connectivity index (χ0n) is 13.9. The molecule has 0 saturated heterocycles. The largest absolute Gasteiger partial charge is 0.368 e. The summed E-state index contributed by atoms with van der Waals surface area (Å²) in [5.41, 5.74) is 2.79. The highest BCUT2D eigenvalue weighted by Gasteiger charge is 2.09. The van der Waals surface area contributed by atoms with Gasteiger partial charge in [0.2, 0.25) is 0 Å². The van der Waals surface area contributed by atoms with Crippen LogP contribution in [0.4, 0.5) is 10.6 Å². The standard InChI is InChI=1S/C16H22N6O/c1-11-12(2)20-15(13-6-5-7-17-10-13)21-14(11)18-8-9-19-16(23)22(3)4/h5-7,10H,8-9H2,1-4H3,(H,19,23)(H,18,20,21). The summed E-state index contributed by atoms with van der Waals surface area (Å²) in [5, 5.41) is 6.06.